The van der Waals surface area contributed by atoms with E-state index in [9.17, 15) is 4.79 Å². The number of nitrogens with zero attached hydrogens (tertiary/aromatic N) is 1. The lowest BCUT2D eigenvalue weighted by Crippen LogP contribution is -2.23. The number of hydrogen-bond acceptors (Lipinski definition) is 6. The van der Waals surface area contributed by atoms with Gasteiger partial charge in [-0.05, 0) is 55.0 Å². The summed E-state index contributed by atoms with van der Waals surface area (Å²) < 4.78 is 16.1. The molecule has 7 heteroatoms. The lowest BCUT2D eigenvalue weighted by atomic mass is 10.2. The molecule has 3 aromatic rings. The molecule has 0 bridgehead atoms. The molecule has 0 saturated heterocycles. The molecule has 148 valence electrons. The van der Waals surface area contributed by atoms with Crippen molar-refractivity contribution in [3.05, 3.63) is 72.1 Å². The zero-order valence-electron chi connectivity index (χ0n) is 16.0. The predicted octanol–water partition coefficient (Wildman–Crippen LogP) is 3.88. The first-order valence-electron chi connectivity index (χ1n) is 9.33. The molecule has 1 aromatic heterocycles. The van der Waals surface area contributed by atoms with Gasteiger partial charge >= 0.3 is 0 Å². The van der Waals surface area contributed by atoms with E-state index in [2.05, 4.69) is 15.6 Å². The highest BCUT2D eigenvalue weighted by molar-refractivity contribution is 5.94. The predicted molar refractivity (Wildman–Crippen MR) is 109 cm³/mol. The van der Waals surface area contributed by atoms with Gasteiger partial charge in [-0.15, -0.1) is 0 Å². The molecule has 2 heterocycles. The van der Waals surface area contributed by atoms with Crippen LogP contribution in [0, 0.1) is 0 Å². The first-order chi connectivity index (χ1) is 14.2. The van der Waals surface area contributed by atoms with E-state index in [0.29, 0.717) is 24.5 Å². The molecular weight excluding hydrogens is 370 g/mol. The highest BCUT2D eigenvalue weighted by atomic mass is 16.7. The number of amides is 1. The Morgan fingerprint density at radius 1 is 1.03 bits per heavy atom. The van der Waals surface area contributed by atoms with E-state index in [0.717, 1.165) is 28.4 Å². The molecule has 0 fully saturated rings. The maximum atomic E-state index is 12.5. The van der Waals surface area contributed by atoms with E-state index in [-0.39, 0.29) is 12.7 Å². The summed E-state index contributed by atoms with van der Waals surface area (Å²) in [7, 11) is 0. The van der Waals surface area contributed by atoms with Crippen LogP contribution in [-0.2, 0) is 6.54 Å². The summed E-state index contributed by atoms with van der Waals surface area (Å²) >= 11 is 0. The highest BCUT2D eigenvalue weighted by Crippen LogP contribution is 2.32. The fourth-order valence-electron chi connectivity index (χ4n) is 2.94. The van der Waals surface area contributed by atoms with Gasteiger partial charge in [-0.1, -0.05) is 6.07 Å². The fourth-order valence-corrected chi connectivity index (χ4v) is 2.94. The average Bonchev–Trinajstić information content (AvgIpc) is 3.22. The molecule has 0 spiro atoms. The maximum Gasteiger partial charge on any atom is 0.253 e. The lowest BCUT2D eigenvalue weighted by molar-refractivity contribution is 0.0950. The molecule has 0 unspecified atom stereocenters. The van der Waals surface area contributed by atoms with Crippen molar-refractivity contribution in [2.75, 3.05) is 18.7 Å². The number of nitrogens with one attached hydrogen (secondary N) is 2. The normalized spacial score (nSPS) is 11.8. The molecule has 1 amide bonds. The van der Waals surface area contributed by atoms with Crippen LogP contribution in [0.4, 0.5) is 11.4 Å². The SMILES string of the molecule is CCOc1ccc(Nc2cncc(C(=O)NCc3ccc4c(c3)OCO4)c2)cc1. The Morgan fingerprint density at radius 2 is 1.86 bits per heavy atom. The van der Waals surface area contributed by atoms with Crippen LogP contribution in [-0.4, -0.2) is 24.3 Å². The van der Waals surface area contributed by atoms with Gasteiger partial charge in [-0.3, -0.25) is 9.78 Å². The highest BCUT2D eigenvalue weighted by Gasteiger charge is 2.14. The van der Waals surface area contributed by atoms with Gasteiger partial charge in [0.15, 0.2) is 11.5 Å². The molecule has 1 aliphatic heterocycles. The van der Waals surface area contributed by atoms with Crippen LogP contribution >= 0.6 is 0 Å². The number of carbonyl (C=O) groups excluding carboxylic acids is 1. The van der Waals surface area contributed by atoms with Gasteiger partial charge in [-0.25, -0.2) is 0 Å². The molecule has 29 heavy (non-hydrogen) atoms. The maximum absolute atomic E-state index is 12.5. The van der Waals surface area contributed by atoms with Crippen LogP contribution < -0.4 is 24.8 Å². The number of rotatable bonds is 7. The Morgan fingerprint density at radius 3 is 2.69 bits per heavy atom. The Balaban J connectivity index is 1.38. The summed E-state index contributed by atoms with van der Waals surface area (Å²) in [6, 6.07) is 15.0. The second kappa shape index (κ2) is 8.52. The monoisotopic (exact) mass is 391 g/mol. The van der Waals surface area contributed by atoms with E-state index in [4.69, 9.17) is 14.2 Å². The Hall–Kier alpha value is -3.74. The number of anilines is 2. The van der Waals surface area contributed by atoms with E-state index >= 15 is 0 Å². The minimum atomic E-state index is -0.203. The number of aromatic nitrogens is 1. The molecule has 2 N–H and O–H groups in total. The Kier molecular flexibility index (Phi) is 5.47. The summed E-state index contributed by atoms with van der Waals surface area (Å²) in [4.78, 5) is 16.7. The van der Waals surface area contributed by atoms with Crippen molar-refractivity contribution in [1.82, 2.24) is 10.3 Å². The van der Waals surface area contributed by atoms with Crippen LogP contribution in [0.2, 0.25) is 0 Å². The van der Waals surface area contributed by atoms with Gasteiger partial charge in [0, 0.05) is 18.4 Å². The summed E-state index contributed by atoms with van der Waals surface area (Å²) in [6.45, 7) is 3.18. The molecule has 0 atom stereocenters. The Labute approximate surface area is 168 Å². The number of ether oxygens (including phenoxy) is 3. The summed E-state index contributed by atoms with van der Waals surface area (Å²) in [5.41, 5.74) is 3.01. The molecule has 2 aromatic carbocycles. The van der Waals surface area contributed by atoms with Gasteiger partial charge in [0.25, 0.3) is 5.91 Å². The molecule has 0 aliphatic carbocycles. The van der Waals surface area contributed by atoms with Gasteiger partial charge < -0.3 is 24.8 Å². The quantitative estimate of drug-likeness (QED) is 0.636. The Bertz CT molecular complexity index is 1010. The first kappa shape index (κ1) is 18.6. The molecule has 4 rings (SSSR count). The van der Waals surface area contributed by atoms with Crippen molar-refractivity contribution < 1.29 is 19.0 Å². The van der Waals surface area contributed by atoms with Crippen LogP contribution in [0.25, 0.3) is 0 Å². The molecule has 7 nitrogen and oxygen atoms in total. The van der Waals surface area contributed by atoms with E-state index in [1.165, 1.54) is 0 Å². The van der Waals surface area contributed by atoms with E-state index in [1.54, 1.807) is 18.5 Å². The van der Waals surface area contributed by atoms with Gasteiger partial charge in [0.1, 0.15) is 5.75 Å². The topological polar surface area (TPSA) is 81.7 Å². The van der Waals surface area contributed by atoms with E-state index in [1.807, 2.05) is 49.4 Å². The third kappa shape index (κ3) is 4.57. The smallest absolute Gasteiger partial charge is 0.253 e. The number of hydrogen-bond donors (Lipinski definition) is 2. The minimum absolute atomic E-state index is 0.203. The van der Waals surface area contributed by atoms with Crippen molar-refractivity contribution in [1.29, 1.82) is 0 Å². The molecule has 0 saturated carbocycles. The minimum Gasteiger partial charge on any atom is -0.494 e. The zero-order chi connectivity index (χ0) is 20.1. The lowest BCUT2D eigenvalue weighted by Gasteiger charge is -2.10. The van der Waals surface area contributed by atoms with Crippen molar-refractivity contribution in [2.45, 2.75) is 13.5 Å². The van der Waals surface area contributed by atoms with Crippen LogP contribution in [0.15, 0.2) is 60.9 Å². The van der Waals surface area contributed by atoms with Crippen LogP contribution in [0.5, 0.6) is 17.2 Å². The second-order valence-corrected chi connectivity index (χ2v) is 6.41. The number of carbonyl (C=O) groups is 1. The molecule has 0 radical (unpaired) electrons. The first-order valence-corrected chi connectivity index (χ1v) is 9.33. The van der Waals surface area contributed by atoms with Crippen molar-refractivity contribution >= 4 is 17.3 Å². The average molecular weight is 391 g/mol. The number of pyridine rings is 1. The van der Waals surface area contributed by atoms with Crippen molar-refractivity contribution in [2.24, 2.45) is 0 Å². The third-order valence-electron chi connectivity index (χ3n) is 4.34. The van der Waals surface area contributed by atoms with Crippen molar-refractivity contribution in [3.63, 3.8) is 0 Å². The number of benzene rings is 2. The van der Waals surface area contributed by atoms with Crippen LogP contribution in [0.1, 0.15) is 22.8 Å². The zero-order valence-corrected chi connectivity index (χ0v) is 16.0. The van der Waals surface area contributed by atoms with Gasteiger partial charge in [0.2, 0.25) is 6.79 Å². The third-order valence-corrected chi connectivity index (χ3v) is 4.34. The standard InChI is InChI=1S/C22H21N3O4/c1-2-27-19-6-4-17(5-7-19)25-18-10-16(12-23-13-18)22(26)24-11-15-3-8-20-21(9-15)29-14-28-20/h3-10,12-13,25H,2,11,14H2,1H3,(H,24,26). The summed E-state index contributed by atoms with van der Waals surface area (Å²) in [6.07, 6.45) is 3.21. The van der Waals surface area contributed by atoms with Gasteiger partial charge in [0.05, 0.1) is 24.1 Å². The fraction of sp³-hybridized carbons (Fsp3) is 0.182. The number of fused-ring (bicyclic) bond motifs is 1. The molecular formula is C22H21N3O4. The van der Waals surface area contributed by atoms with Crippen molar-refractivity contribution in [3.8, 4) is 17.2 Å². The second-order valence-electron chi connectivity index (χ2n) is 6.41. The van der Waals surface area contributed by atoms with Gasteiger partial charge in [-0.2, -0.15) is 0 Å². The van der Waals surface area contributed by atoms with E-state index < -0.39 is 0 Å². The largest absolute Gasteiger partial charge is 0.494 e. The van der Waals surface area contributed by atoms with Crippen LogP contribution in [0.3, 0.4) is 0 Å². The summed E-state index contributed by atoms with van der Waals surface area (Å²) in [5, 5.41) is 6.14. The molecule has 1 aliphatic rings. The summed E-state index contributed by atoms with van der Waals surface area (Å²) in [5.74, 6) is 2.02.